The minimum atomic E-state index is 0.118. The highest BCUT2D eigenvalue weighted by Gasteiger charge is 2.04. The van der Waals surface area contributed by atoms with Crippen LogP contribution in [-0.2, 0) is 4.74 Å². The molecular formula is C10H18N4O2. The normalized spacial score (nSPS) is 12.2. The molecule has 0 aliphatic carbocycles. The fraction of sp³-hybridized carbons (Fsp3) is 0.600. The van der Waals surface area contributed by atoms with E-state index >= 15 is 0 Å². The number of aromatic nitrogens is 2. The first-order chi connectivity index (χ1) is 7.65. The predicted octanol–water partition coefficient (Wildman–Crippen LogP) is 0.904. The Balaban J connectivity index is 2.56. The number of rotatable bonds is 6. The zero-order valence-corrected chi connectivity index (χ0v) is 9.86. The summed E-state index contributed by atoms with van der Waals surface area (Å²) in [5.74, 6) is 1.26. The second kappa shape index (κ2) is 6.12. The van der Waals surface area contributed by atoms with Crippen LogP contribution < -0.4 is 15.8 Å². The van der Waals surface area contributed by atoms with E-state index in [0.717, 1.165) is 0 Å². The fourth-order valence-electron chi connectivity index (χ4n) is 1.23. The van der Waals surface area contributed by atoms with E-state index in [1.54, 1.807) is 6.07 Å². The molecule has 1 heterocycles. The first kappa shape index (κ1) is 12.5. The van der Waals surface area contributed by atoms with Crippen LogP contribution in [0, 0.1) is 0 Å². The van der Waals surface area contributed by atoms with E-state index in [-0.39, 0.29) is 12.1 Å². The van der Waals surface area contributed by atoms with Gasteiger partial charge in [0.05, 0.1) is 13.2 Å². The number of anilines is 2. The molecule has 0 amide bonds. The molecule has 0 radical (unpaired) electrons. The van der Waals surface area contributed by atoms with Gasteiger partial charge in [0.25, 0.3) is 0 Å². The summed E-state index contributed by atoms with van der Waals surface area (Å²) in [7, 11) is 1.54. The van der Waals surface area contributed by atoms with Crippen molar-refractivity contribution in [3.05, 3.63) is 6.07 Å². The first-order valence-corrected chi connectivity index (χ1v) is 5.19. The van der Waals surface area contributed by atoms with E-state index < -0.39 is 0 Å². The van der Waals surface area contributed by atoms with Crippen LogP contribution in [0.4, 0.5) is 11.8 Å². The number of hydrogen-bond donors (Lipinski definition) is 2. The third kappa shape index (κ3) is 3.90. The van der Waals surface area contributed by atoms with Crippen molar-refractivity contribution in [2.24, 2.45) is 0 Å². The van der Waals surface area contributed by atoms with E-state index in [0.29, 0.717) is 24.8 Å². The van der Waals surface area contributed by atoms with E-state index in [9.17, 15) is 0 Å². The second-order valence-corrected chi connectivity index (χ2v) is 3.30. The molecule has 0 saturated carbocycles. The summed E-state index contributed by atoms with van der Waals surface area (Å²) in [6.45, 7) is 5.30. The monoisotopic (exact) mass is 226 g/mol. The molecule has 1 unspecified atom stereocenters. The van der Waals surface area contributed by atoms with Gasteiger partial charge in [-0.3, -0.25) is 0 Å². The summed E-state index contributed by atoms with van der Waals surface area (Å²) in [6.07, 6.45) is 0.118. The molecule has 1 aromatic rings. The van der Waals surface area contributed by atoms with Gasteiger partial charge in [-0.2, -0.15) is 9.97 Å². The molecule has 0 fully saturated rings. The van der Waals surface area contributed by atoms with Crippen LogP contribution in [-0.4, -0.2) is 36.3 Å². The Labute approximate surface area is 95.2 Å². The lowest BCUT2D eigenvalue weighted by molar-refractivity contribution is 0.0855. The largest absolute Gasteiger partial charge is 0.481 e. The molecule has 0 bridgehead atoms. The SMILES string of the molecule is CCOC(C)CNc1cc(OC)nc(N)n1. The molecule has 6 heteroatoms. The number of nitrogens with two attached hydrogens (primary N) is 1. The molecule has 0 saturated heterocycles. The Hall–Kier alpha value is -1.56. The molecule has 6 nitrogen and oxygen atoms in total. The number of methoxy groups -OCH3 is 1. The molecule has 1 rings (SSSR count). The van der Waals surface area contributed by atoms with Crippen LogP contribution >= 0.6 is 0 Å². The molecule has 16 heavy (non-hydrogen) atoms. The molecule has 0 aromatic carbocycles. The van der Waals surface area contributed by atoms with Crippen LogP contribution in [0.3, 0.4) is 0 Å². The lowest BCUT2D eigenvalue weighted by atomic mass is 10.4. The zero-order chi connectivity index (χ0) is 12.0. The van der Waals surface area contributed by atoms with Crippen molar-refractivity contribution in [2.75, 3.05) is 31.3 Å². The lowest BCUT2D eigenvalue weighted by Crippen LogP contribution is -2.20. The highest BCUT2D eigenvalue weighted by Crippen LogP contribution is 2.13. The summed E-state index contributed by atoms with van der Waals surface area (Å²) >= 11 is 0. The average Bonchev–Trinajstić information content (AvgIpc) is 2.26. The minimum absolute atomic E-state index is 0.118. The van der Waals surface area contributed by atoms with Gasteiger partial charge in [-0.15, -0.1) is 0 Å². The Morgan fingerprint density at radius 2 is 2.25 bits per heavy atom. The van der Waals surface area contributed by atoms with E-state index in [1.807, 2.05) is 13.8 Å². The number of nitrogens with one attached hydrogen (secondary N) is 1. The fourth-order valence-corrected chi connectivity index (χ4v) is 1.23. The van der Waals surface area contributed by atoms with Crippen molar-refractivity contribution >= 4 is 11.8 Å². The summed E-state index contributed by atoms with van der Waals surface area (Å²) in [5.41, 5.74) is 5.53. The summed E-state index contributed by atoms with van der Waals surface area (Å²) < 4.78 is 10.4. The molecule has 3 N–H and O–H groups in total. The molecule has 1 atom stereocenters. The van der Waals surface area contributed by atoms with Crippen molar-refractivity contribution in [3.63, 3.8) is 0 Å². The Morgan fingerprint density at radius 1 is 1.50 bits per heavy atom. The molecular weight excluding hydrogens is 208 g/mol. The predicted molar refractivity (Wildman–Crippen MR) is 62.6 cm³/mol. The maximum absolute atomic E-state index is 5.53. The molecule has 0 spiro atoms. The molecule has 90 valence electrons. The van der Waals surface area contributed by atoms with Crippen molar-refractivity contribution < 1.29 is 9.47 Å². The minimum Gasteiger partial charge on any atom is -0.481 e. The highest BCUT2D eigenvalue weighted by molar-refractivity contribution is 5.42. The lowest BCUT2D eigenvalue weighted by Gasteiger charge is -2.13. The van der Waals surface area contributed by atoms with Crippen molar-refractivity contribution in [1.29, 1.82) is 0 Å². The van der Waals surface area contributed by atoms with Crippen LogP contribution in [0.1, 0.15) is 13.8 Å². The second-order valence-electron chi connectivity index (χ2n) is 3.30. The van der Waals surface area contributed by atoms with Gasteiger partial charge in [-0.1, -0.05) is 0 Å². The van der Waals surface area contributed by atoms with Crippen LogP contribution in [0.5, 0.6) is 5.88 Å². The average molecular weight is 226 g/mol. The van der Waals surface area contributed by atoms with Crippen LogP contribution in [0.25, 0.3) is 0 Å². The van der Waals surface area contributed by atoms with Crippen LogP contribution in [0.15, 0.2) is 6.07 Å². The van der Waals surface area contributed by atoms with Crippen molar-refractivity contribution in [2.45, 2.75) is 20.0 Å². The summed E-state index contributed by atoms with van der Waals surface area (Å²) in [4.78, 5) is 7.92. The highest BCUT2D eigenvalue weighted by atomic mass is 16.5. The van der Waals surface area contributed by atoms with E-state index in [1.165, 1.54) is 7.11 Å². The summed E-state index contributed by atoms with van der Waals surface area (Å²) in [5, 5.41) is 3.11. The third-order valence-corrected chi connectivity index (χ3v) is 1.95. The molecule has 0 aliphatic heterocycles. The van der Waals surface area contributed by atoms with Gasteiger partial charge in [0.15, 0.2) is 0 Å². The van der Waals surface area contributed by atoms with Gasteiger partial charge in [0.2, 0.25) is 11.8 Å². The Bertz CT molecular complexity index is 333. The van der Waals surface area contributed by atoms with Gasteiger partial charge >= 0.3 is 0 Å². The van der Waals surface area contributed by atoms with Gasteiger partial charge in [-0.05, 0) is 13.8 Å². The van der Waals surface area contributed by atoms with Crippen molar-refractivity contribution in [3.8, 4) is 5.88 Å². The maximum atomic E-state index is 5.53. The van der Waals surface area contributed by atoms with Gasteiger partial charge in [0.1, 0.15) is 5.82 Å². The maximum Gasteiger partial charge on any atom is 0.225 e. The number of ether oxygens (including phenoxy) is 2. The van der Waals surface area contributed by atoms with Gasteiger partial charge in [-0.25, -0.2) is 0 Å². The first-order valence-electron chi connectivity index (χ1n) is 5.19. The summed E-state index contributed by atoms with van der Waals surface area (Å²) in [6, 6.07) is 1.69. The topological polar surface area (TPSA) is 82.3 Å². The molecule has 1 aromatic heterocycles. The van der Waals surface area contributed by atoms with Gasteiger partial charge < -0.3 is 20.5 Å². The van der Waals surface area contributed by atoms with Crippen molar-refractivity contribution in [1.82, 2.24) is 9.97 Å². The number of nitrogen functional groups attached to an aromatic ring is 1. The van der Waals surface area contributed by atoms with Gasteiger partial charge in [0, 0.05) is 19.2 Å². The quantitative estimate of drug-likeness (QED) is 0.750. The Kier molecular flexibility index (Phi) is 4.78. The smallest absolute Gasteiger partial charge is 0.225 e. The zero-order valence-electron chi connectivity index (χ0n) is 9.86. The number of nitrogens with zero attached hydrogens (tertiary/aromatic N) is 2. The molecule has 0 aliphatic rings. The number of hydrogen-bond acceptors (Lipinski definition) is 6. The van der Waals surface area contributed by atoms with E-state index in [4.69, 9.17) is 15.2 Å². The van der Waals surface area contributed by atoms with E-state index in [2.05, 4.69) is 15.3 Å². The third-order valence-electron chi connectivity index (χ3n) is 1.95. The standard InChI is InChI=1S/C10H18N4O2/c1-4-16-7(2)6-12-8-5-9(15-3)14-10(11)13-8/h5,7H,4,6H2,1-3H3,(H3,11,12,13,14). The Morgan fingerprint density at radius 3 is 2.88 bits per heavy atom. The van der Waals surface area contributed by atoms with Crippen LogP contribution in [0.2, 0.25) is 0 Å².